The summed E-state index contributed by atoms with van der Waals surface area (Å²) in [5.41, 5.74) is 0. The van der Waals surface area contributed by atoms with Gasteiger partial charge in [-0.1, -0.05) is 13.8 Å². The van der Waals surface area contributed by atoms with Gasteiger partial charge < -0.3 is 10.2 Å². The Hall–Kier alpha value is -1.14. The van der Waals surface area contributed by atoms with Crippen molar-refractivity contribution in [2.45, 2.75) is 33.1 Å². The van der Waals surface area contributed by atoms with Crippen LogP contribution in [0.15, 0.2) is 0 Å². The number of carbonyl (C=O) groups is 2. The fraction of sp³-hybridized carbons (Fsp3) is 0.875. The van der Waals surface area contributed by atoms with Crippen molar-refractivity contribution in [2.24, 2.45) is 11.8 Å². The Labute approximate surface area is 133 Å². The van der Waals surface area contributed by atoms with E-state index in [1.807, 2.05) is 13.8 Å². The molecule has 0 spiro atoms. The highest BCUT2D eigenvalue weighted by Crippen LogP contribution is 2.19. The molecular weight excluding hydrogens is 280 g/mol. The zero-order chi connectivity index (χ0) is 15.9. The maximum Gasteiger partial charge on any atom is 0.321 e. The molecule has 6 nitrogen and oxygen atoms in total. The van der Waals surface area contributed by atoms with Gasteiger partial charge in [0.15, 0.2) is 0 Å². The molecule has 22 heavy (non-hydrogen) atoms. The summed E-state index contributed by atoms with van der Waals surface area (Å²) in [7, 11) is 0. The molecule has 6 heteroatoms. The van der Waals surface area contributed by atoms with Crippen LogP contribution in [0.4, 0.5) is 4.79 Å². The molecule has 2 N–H and O–H groups in total. The van der Waals surface area contributed by atoms with Crippen LogP contribution in [-0.4, -0.2) is 67.6 Å². The fourth-order valence-corrected chi connectivity index (χ4v) is 3.25. The number of rotatable bonds is 6. The Morgan fingerprint density at radius 1 is 1.14 bits per heavy atom. The minimum atomic E-state index is -0.383. The van der Waals surface area contributed by atoms with Crippen LogP contribution in [0, 0.1) is 11.8 Å². The number of hydrogen-bond donors (Lipinski definition) is 2. The third kappa shape index (κ3) is 5.93. The Morgan fingerprint density at radius 3 is 2.55 bits per heavy atom. The molecule has 2 rings (SSSR count). The van der Waals surface area contributed by atoms with Crippen LogP contribution in [0.3, 0.4) is 0 Å². The van der Waals surface area contributed by atoms with Crippen LogP contribution in [0.25, 0.3) is 0 Å². The highest BCUT2D eigenvalue weighted by molar-refractivity contribution is 5.95. The number of nitrogens with one attached hydrogen (secondary N) is 2. The number of likely N-dealkylation sites (tertiary alicyclic amines) is 2. The summed E-state index contributed by atoms with van der Waals surface area (Å²) in [6.07, 6.45) is 3.80. The molecule has 2 aliphatic rings. The summed E-state index contributed by atoms with van der Waals surface area (Å²) < 4.78 is 0. The van der Waals surface area contributed by atoms with Crippen molar-refractivity contribution in [2.75, 3.05) is 45.8 Å². The number of amides is 3. The Kier molecular flexibility index (Phi) is 6.64. The van der Waals surface area contributed by atoms with Crippen LogP contribution in [0.1, 0.15) is 33.1 Å². The number of hydrogen-bond acceptors (Lipinski definition) is 4. The first-order valence-corrected chi connectivity index (χ1v) is 8.55. The van der Waals surface area contributed by atoms with Gasteiger partial charge in [-0.2, -0.15) is 0 Å². The van der Waals surface area contributed by atoms with E-state index in [0.717, 1.165) is 26.1 Å². The first kappa shape index (κ1) is 17.2. The number of imide groups is 1. The van der Waals surface area contributed by atoms with E-state index < -0.39 is 0 Å². The standard InChI is InChI=1S/C16H30N4O2/c1-13(2)9-17-16(22)18-15(21)12-20-8-5-14(11-20)10-19-6-3-4-7-19/h13-14H,3-12H2,1-2H3,(H2,17,18,21,22). The van der Waals surface area contributed by atoms with Crippen LogP contribution in [0.2, 0.25) is 0 Å². The van der Waals surface area contributed by atoms with E-state index in [1.165, 1.54) is 25.9 Å². The zero-order valence-electron chi connectivity index (χ0n) is 13.9. The topological polar surface area (TPSA) is 64.7 Å². The number of carbonyl (C=O) groups excluding carboxylic acids is 2. The second-order valence-corrected chi connectivity index (χ2v) is 7.05. The average molecular weight is 310 g/mol. The molecule has 0 aromatic carbocycles. The molecule has 1 atom stereocenters. The van der Waals surface area contributed by atoms with E-state index in [9.17, 15) is 9.59 Å². The molecule has 2 heterocycles. The van der Waals surface area contributed by atoms with Gasteiger partial charge in [-0.3, -0.25) is 15.0 Å². The molecule has 1 unspecified atom stereocenters. The zero-order valence-corrected chi connectivity index (χ0v) is 13.9. The van der Waals surface area contributed by atoms with Crippen molar-refractivity contribution in [1.82, 2.24) is 20.4 Å². The second-order valence-electron chi connectivity index (χ2n) is 7.05. The predicted octanol–water partition coefficient (Wildman–Crippen LogP) is 0.886. The Morgan fingerprint density at radius 2 is 1.86 bits per heavy atom. The summed E-state index contributed by atoms with van der Waals surface area (Å²) in [6.45, 7) is 10.5. The smallest absolute Gasteiger partial charge is 0.321 e. The fourth-order valence-electron chi connectivity index (χ4n) is 3.25. The van der Waals surface area contributed by atoms with E-state index >= 15 is 0 Å². The largest absolute Gasteiger partial charge is 0.338 e. The summed E-state index contributed by atoms with van der Waals surface area (Å²) in [5, 5.41) is 5.11. The van der Waals surface area contributed by atoms with Crippen molar-refractivity contribution in [3.05, 3.63) is 0 Å². The van der Waals surface area contributed by atoms with E-state index in [2.05, 4.69) is 20.4 Å². The van der Waals surface area contributed by atoms with Crippen LogP contribution >= 0.6 is 0 Å². The van der Waals surface area contributed by atoms with Crippen molar-refractivity contribution in [3.63, 3.8) is 0 Å². The molecular formula is C16H30N4O2. The molecule has 0 aromatic heterocycles. The van der Waals surface area contributed by atoms with Gasteiger partial charge in [0, 0.05) is 19.6 Å². The monoisotopic (exact) mass is 310 g/mol. The van der Waals surface area contributed by atoms with Gasteiger partial charge in [-0.25, -0.2) is 4.79 Å². The first-order chi connectivity index (χ1) is 10.5. The van der Waals surface area contributed by atoms with Crippen molar-refractivity contribution in [1.29, 1.82) is 0 Å². The summed E-state index contributed by atoms with van der Waals surface area (Å²) >= 11 is 0. The molecule has 0 bridgehead atoms. The summed E-state index contributed by atoms with van der Waals surface area (Å²) in [5.74, 6) is 0.842. The van der Waals surface area contributed by atoms with E-state index in [-0.39, 0.29) is 11.9 Å². The molecule has 0 saturated carbocycles. The number of nitrogens with zero attached hydrogens (tertiary/aromatic N) is 2. The lowest BCUT2D eigenvalue weighted by Crippen LogP contribution is -2.45. The molecule has 0 aliphatic carbocycles. The predicted molar refractivity (Wildman–Crippen MR) is 86.6 cm³/mol. The molecule has 2 fully saturated rings. The quantitative estimate of drug-likeness (QED) is 0.764. The lowest BCUT2D eigenvalue weighted by atomic mass is 10.1. The maximum absolute atomic E-state index is 11.9. The van der Waals surface area contributed by atoms with Crippen LogP contribution in [-0.2, 0) is 4.79 Å². The van der Waals surface area contributed by atoms with Gasteiger partial charge in [0.05, 0.1) is 6.54 Å². The highest BCUT2D eigenvalue weighted by atomic mass is 16.2. The second kappa shape index (κ2) is 8.48. The lowest BCUT2D eigenvalue weighted by Gasteiger charge is -2.20. The molecule has 126 valence electrons. The Bertz CT molecular complexity index is 380. The van der Waals surface area contributed by atoms with Gasteiger partial charge in [0.25, 0.3) is 0 Å². The Balaban J connectivity index is 1.62. The van der Waals surface area contributed by atoms with Gasteiger partial charge in [-0.05, 0) is 50.7 Å². The number of urea groups is 1. The molecule has 3 amide bonds. The average Bonchev–Trinajstić information content (AvgIpc) is 3.09. The third-order valence-electron chi connectivity index (χ3n) is 4.38. The summed E-state index contributed by atoms with van der Waals surface area (Å²) in [4.78, 5) is 28.1. The van der Waals surface area contributed by atoms with Gasteiger partial charge in [0.2, 0.25) is 5.91 Å². The minimum Gasteiger partial charge on any atom is -0.338 e. The van der Waals surface area contributed by atoms with Crippen molar-refractivity contribution < 1.29 is 9.59 Å². The third-order valence-corrected chi connectivity index (χ3v) is 4.38. The van der Waals surface area contributed by atoms with Crippen LogP contribution in [0.5, 0.6) is 0 Å². The molecule has 2 saturated heterocycles. The van der Waals surface area contributed by atoms with Gasteiger partial charge >= 0.3 is 6.03 Å². The lowest BCUT2D eigenvalue weighted by molar-refractivity contribution is -0.120. The normalized spacial score (nSPS) is 23.1. The van der Waals surface area contributed by atoms with Gasteiger partial charge in [-0.15, -0.1) is 0 Å². The SMILES string of the molecule is CC(C)CNC(=O)NC(=O)CN1CCC(CN2CCCC2)C1. The maximum atomic E-state index is 11.9. The molecule has 0 aromatic rings. The summed E-state index contributed by atoms with van der Waals surface area (Å²) in [6, 6.07) is -0.383. The first-order valence-electron chi connectivity index (χ1n) is 8.55. The van der Waals surface area contributed by atoms with E-state index in [0.29, 0.717) is 24.9 Å². The van der Waals surface area contributed by atoms with Crippen LogP contribution < -0.4 is 10.6 Å². The van der Waals surface area contributed by atoms with Crippen molar-refractivity contribution in [3.8, 4) is 0 Å². The minimum absolute atomic E-state index is 0.205. The van der Waals surface area contributed by atoms with Crippen molar-refractivity contribution >= 4 is 11.9 Å². The van der Waals surface area contributed by atoms with Gasteiger partial charge in [0.1, 0.15) is 0 Å². The van der Waals surface area contributed by atoms with E-state index in [1.54, 1.807) is 0 Å². The molecule has 2 aliphatic heterocycles. The highest BCUT2D eigenvalue weighted by Gasteiger charge is 2.26. The molecule has 0 radical (unpaired) electrons. The van der Waals surface area contributed by atoms with E-state index in [4.69, 9.17) is 0 Å².